The van der Waals surface area contributed by atoms with E-state index in [1.165, 1.54) is 7.11 Å². The van der Waals surface area contributed by atoms with Crippen molar-refractivity contribution < 1.29 is 40.6 Å². The number of anilines is 1. The number of hydrogen-bond donors (Lipinski definition) is 0. The Labute approximate surface area is 232 Å². The molecule has 1 heterocycles. The molecule has 2 rings (SSSR count). The maximum Gasteiger partial charge on any atom is 0 e. The fraction of sp³-hybridized carbons (Fsp3) is 0.538. The van der Waals surface area contributed by atoms with Crippen molar-refractivity contribution in [3.05, 3.63) is 62.4 Å². The van der Waals surface area contributed by atoms with Gasteiger partial charge in [0.05, 0.1) is 18.6 Å². The van der Waals surface area contributed by atoms with Crippen LogP contribution in [0.15, 0.2) is 24.3 Å². The van der Waals surface area contributed by atoms with Crippen molar-refractivity contribution in [2.75, 3.05) is 26.1 Å². The predicted molar refractivity (Wildman–Crippen MR) is 142 cm³/mol. The van der Waals surface area contributed by atoms with Crippen LogP contribution < -0.4 is 4.90 Å². The summed E-state index contributed by atoms with van der Waals surface area (Å²) in [4.78, 5) is 16.7. The second-order valence-corrected chi connectivity index (χ2v) is 13.2. The number of carbonyl (C=O) groups excluding carboxylic acids is 1. The summed E-state index contributed by atoms with van der Waals surface area (Å²) >= 11 is 0. The zero-order chi connectivity index (χ0) is 28.0. The fourth-order valence-electron chi connectivity index (χ4n) is 3.25. The predicted octanol–water partition coefficient (Wildman–Crippen LogP) is 5.01. The average molecular weight is 556 g/mol. The van der Waals surface area contributed by atoms with E-state index < -0.39 is 11.5 Å². The molecule has 1 aromatic rings. The van der Waals surface area contributed by atoms with Crippen molar-refractivity contribution in [3.8, 4) is 0 Å². The molecule has 0 aliphatic carbocycles. The maximum absolute atomic E-state index is 12.5. The van der Waals surface area contributed by atoms with Gasteiger partial charge in [-0.1, -0.05) is 31.8 Å². The van der Waals surface area contributed by atoms with Crippen molar-refractivity contribution in [3.63, 3.8) is 0 Å². The van der Waals surface area contributed by atoms with Gasteiger partial charge >= 0.3 is 35.6 Å². The van der Waals surface area contributed by atoms with E-state index in [2.05, 4.69) is 58.5 Å². The summed E-state index contributed by atoms with van der Waals surface area (Å²) in [6.45, 7) is 28.0. The van der Waals surface area contributed by atoms with Gasteiger partial charge in [-0.3, -0.25) is 4.79 Å². The van der Waals surface area contributed by atoms with E-state index in [0.717, 1.165) is 11.3 Å². The Hall–Kier alpha value is -1.31. The van der Waals surface area contributed by atoms with Crippen LogP contribution >= 0.6 is 0 Å². The number of esters is 1. The molecule has 1 saturated heterocycles. The van der Waals surface area contributed by atoms with Crippen LogP contribution in [-0.4, -0.2) is 53.4 Å². The van der Waals surface area contributed by atoms with Gasteiger partial charge in [0.1, 0.15) is 0 Å². The van der Waals surface area contributed by atoms with Crippen molar-refractivity contribution >= 4 is 27.5 Å². The number of hydrogen-bond acceptors (Lipinski definition) is 5. The first-order valence-electron chi connectivity index (χ1n) is 11.2. The molecule has 36 heavy (non-hydrogen) atoms. The molecule has 1 atom stereocenters. The number of carbonyl (C=O) groups is 1. The Morgan fingerprint density at radius 2 is 1.47 bits per heavy atom. The summed E-state index contributed by atoms with van der Waals surface area (Å²) < 4.78 is 26.6. The van der Waals surface area contributed by atoms with E-state index >= 15 is 0 Å². The molecule has 0 bridgehead atoms. The van der Waals surface area contributed by atoms with Gasteiger partial charge in [-0.15, -0.1) is 0 Å². The van der Waals surface area contributed by atoms with Crippen molar-refractivity contribution in [2.45, 2.75) is 65.9 Å². The van der Waals surface area contributed by atoms with Gasteiger partial charge in [-0.2, -0.15) is 0 Å². The quantitative estimate of drug-likeness (QED) is 0.213. The van der Waals surface area contributed by atoms with Gasteiger partial charge < -0.3 is 19.1 Å². The van der Waals surface area contributed by atoms with Crippen LogP contribution in [0.3, 0.4) is 0 Å². The van der Waals surface area contributed by atoms with Crippen LogP contribution in [0.25, 0.3) is 0 Å². The zero-order valence-electron chi connectivity index (χ0n) is 23.5. The molecule has 0 spiro atoms. The molecule has 4 radical (unpaired) electrons. The largest absolute Gasteiger partial charge is 0 e. The zero-order valence-corrected chi connectivity index (χ0v) is 25.6. The summed E-state index contributed by atoms with van der Waals surface area (Å²) in [5, 5.41) is 0. The third-order valence-electron chi connectivity index (χ3n) is 4.93. The van der Waals surface area contributed by atoms with Crippen LogP contribution in [0, 0.1) is 38.0 Å². The van der Waals surface area contributed by atoms with Gasteiger partial charge in [0.15, 0.2) is 0 Å². The van der Waals surface area contributed by atoms with Gasteiger partial charge in [0.2, 0.25) is 0 Å². The van der Waals surface area contributed by atoms with E-state index in [0.29, 0.717) is 0 Å². The van der Waals surface area contributed by atoms with Gasteiger partial charge in [-0.05, 0) is 65.1 Å². The van der Waals surface area contributed by atoms with Crippen LogP contribution in [0.4, 0.5) is 5.69 Å². The Morgan fingerprint density at radius 1 is 1.03 bits per heavy atom. The normalized spacial score (nSPS) is 13.9. The molecular weight excluding hydrogens is 515 g/mol. The van der Waals surface area contributed by atoms with Crippen molar-refractivity contribution in [1.82, 2.24) is 4.81 Å². The van der Waals surface area contributed by atoms with Crippen LogP contribution in [0.5, 0.6) is 0 Å². The number of benzene rings is 1. The standard InChI is InChI=1S/C21H32BN2O3.C3H9Si.2CO.Fe/c1-20(2,3)24-15-9-14-22(24)27-18(21(4,5)19(25)26-8)16-10-12-17(13-11-16)23(6)7;1-4(2)3;2*1-2;/h9-15,18H,1-8H3;1-3H3;;;/t18-;;;;/m1..../s1. The third kappa shape index (κ3) is 12.8. The van der Waals surface area contributed by atoms with Crippen molar-refractivity contribution in [1.29, 1.82) is 0 Å². The molecule has 1 aromatic carbocycles. The van der Waals surface area contributed by atoms with Crippen LogP contribution in [0.1, 0.15) is 46.3 Å². The number of ether oxygens (including phenoxy) is 1. The molecule has 1 aliphatic heterocycles. The third-order valence-corrected chi connectivity index (χ3v) is 4.93. The SMILES string of the molecule is COC(=O)C(C)(C)[C@H](OB1[CH][CH][CH]N1C(C)(C)C)c1ccc(N(C)C)cc1.C[Si](C)C.[C-]#[O+].[C-]#[O+].[Fe]. The second kappa shape index (κ2) is 18.9. The van der Waals surface area contributed by atoms with E-state index in [-0.39, 0.29) is 44.4 Å². The molecule has 1 aliphatic rings. The first-order valence-corrected chi connectivity index (χ1v) is 14.2. The molecule has 0 saturated carbocycles. The molecule has 1 fully saturated rings. The van der Waals surface area contributed by atoms with Crippen LogP contribution in [-0.2, 0) is 40.6 Å². The molecule has 10 heteroatoms. The first-order chi connectivity index (χ1) is 16.2. The second-order valence-electron chi connectivity index (χ2n) is 10.2. The molecular formula is C26H41BFeN2O5Si. The summed E-state index contributed by atoms with van der Waals surface area (Å²) in [6.07, 6.45) is 3.56. The molecule has 200 valence electrons. The maximum atomic E-state index is 12.5. The van der Waals surface area contributed by atoms with E-state index in [4.69, 9.17) is 18.7 Å². The van der Waals surface area contributed by atoms with Crippen LogP contribution in [0.2, 0.25) is 19.6 Å². The van der Waals surface area contributed by atoms with Gasteiger partial charge in [-0.25, -0.2) is 0 Å². The van der Waals surface area contributed by atoms with Gasteiger partial charge in [0.25, 0.3) is 0 Å². The Kier molecular flexibility index (Phi) is 20.5. The topological polar surface area (TPSA) is 81.8 Å². The van der Waals surface area contributed by atoms with E-state index in [1.54, 1.807) is 0 Å². The number of nitrogens with zero attached hydrogens (tertiary/aromatic N) is 2. The minimum Gasteiger partial charge on any atom is 0 e. The smallest absolute Gasteiger partial charge is 0 e. The summed E-state index contributed by atoms with van der Waals surface area (Å²) in [5.74, 6) is -0.294. The minimum atomic E-state index is -0.839. The van der Waals surface area contributed by atoms with Crippen molar-refractivity contribution in [2.24, 2.45) is 5.41 Å². The molecule has 0 N–H and O–H groups in total. The summed E-state index contributed by atoms with van der Waals surface area (Å²) in [5.41, 5.74) is 1.11. The molecule has 0 aromatic heterocycles. The summed E-state index contributed by atoms with van der Waals surface area (Å²) in [7, 11) is 5.30. The average Bonchev–Trinajstić information content (AvgIpc) is 3.28. The Morgan fingerprint density at radius 3 is 1.83 bits per heavy atom. The van der Waals surface area contributed by atoms with E-state index in [9.17, 15) is 4.79 Å². The van der Waals surface area contributed by atoms with Gasteiger partial charge in [0, 0.05) is 57.7 Å². The Bertz CT molecular complexity index is 771. The summed E-state index contributed by atoms with van der Waals surface area (Å²) in [6, 6.07) is 8.12. The molecule has 0 unspecified atom stereocenters. The number of methoxy groups -OCH3 is 1. The molecule has 0 amide bonds. The number of rotatable bonds is 6. The fourth-order valence-corrected chi connectivity index (χ4v) is 3.25. The first kappa shape index (κ1) is 39.2. The monoisotopic (exact) mass is 556 g/mol. The van der Waals surface area contributed by atoms with E-state index in [1.807, 2.05) is 76.4 Å². The Balaban J connectivity index is -0.00000108. The molecule has 7 nitrogen and oxygen atoms in total. The minimum absolute atomic E-state index is 0.